The van der Waals surface area contributed by atoms with Gasteiger partial charge in [-0.15, -0.1) is 12.4 Å². The van der Waals surface area contributed by atoms with E-state index in [1.807, 2.05) is 35.4 Å². The van der Waals surface area contributed by atoms with Gasteiger partial charge >= 0.3 is 5.97 Å². The number of carbonyl (C=O) groups is 1. The molecule has 0 saturated heterocycles. The lowest BCUT2D eigenvalue weighted by molar-refractivity contribution is -0.132. The van der Waals surface area contributed by atoms with Crippen molar-refractivity contribution in [2.75, 3.05) is 6.54 Å². The third-order valence-corrected chi connectivity index (χ3v) is 2.03. The molecule has 0 saturated carbocycles. The van der Waals surface area contributed by atoms with Crippen LogP contribution in [0.3, 0.4) is 0 Å². The highest BCUT2D eigenvalue weighted by Crippen LogP contribution is 2.21. The van der Waals surface area contributed by atoms with Gasteiger partial charge in [-0.2, -0.15) is 0 Å². The van der Waals surface area contributed by atoms with Crippen LogP contribution in [0.2, 0.25) is 0 Å². The highest BCUT2D eigenvalue weighted by atomic mass is 35.5. The van der Waals surface area contributed by atoms with E-state index < -0.39 is 5.97 Å². The molecule has 2 aliphatic rings. The highest BCUT2D eigenvalue weighted by molar-refractivity contribution is 5.91. The standard InChI is InChI=1S/C10H9NO2.ClH/c12-10(13)8-4-3-7-11-6-2-1-5-9(8)11;/h1-6H,7H2,(H,12,13);1H. The summed E-state index contributed by atoms with van der Waals surface area (Å²) in [7, 11) is 0. The van der Waals surface area contributed by atoms with Crippen molar-refractivity contribution >= 4 is 18.4 Å². The molecule has 0 aromatic carbocycles. The number of rotatable bonds is 1. The third kappa shape index (κ3) is 1.72. The minimum atomic E-state index is -0.879. The Bertz CT molecular complexity index is 366. The van der Waals surface area contributed by atoms with E-state index in [-0.39, 0.29) is 12.4 Å². The van der Waals surface area contributed by atoms with Crippen molar-refractivity contribution in [3.05, 3.63) is 47.9 Å². The van der Waals surface area contributed by atoms with Crippen molar-refractivity contribution in [1.82, 2.24) is 4.90 Å². The number of halogens is 1. The van der Waals surface area contributed by atoms with Crippen LogP contribution in [0.15, 0.2) is 47.9 Å². The van der Waals surface area contributed by atoms with Gasteiger partial charge in [0.25, 0.3) is 0 Å². The summed E-state index contributed by atoms with van der Waals surface area (Å²) in [5.41, 5.74) is 1.12. The molecule has 3 nitrogen and oxygen atoms in total. The number of carboxylic acids is 1. The fourth-order valence-corrected chi connectivity index (χ4v) is 1.43. The van der Waals surface area contributed by atoms with Crippen molar-refractivity contribution in [2.24, 2.45) is 0 Å². The lowest BCUT2D eigenvalue weighted by atomic mass is 10.1. The molecular formula is C10H10ClNO2. The summed E-state index contributed by atoms with van der Waals surface area (Å²) in [6.07, 6.45) is 10.9. The van der Waals surface area contributed by atoms with E-state index in [1.165, 1.54) is 0 Å². The number of nitrogens with zero attached hydrogens (tertiary/aromatic N) is 1. The van der Waals surface area contributed by atoms with Crippen LogP contribution in [0.25, 0.3) is 0 Å². The van der Waals surface area contributed by atoms with Crippen LogP contribution in [0.5, 0.6) is 0 Å². The van der Waals surface area contributed by atoms with Crippen molar-refractivity contribution in [1.29, 1.82) is 0 Å². The Hall–Kier alpha value is -1.48. The van der Waals surface area contributed by atoms with E-state index >= 15 is 0 Å². The zero-order chi connectivity index (χ0) is 9.26. The zero-order valence-electron chi connectivity index (χ0n) is 7.38. The van der Waals surface area contributed by atoms with E-state index in [0.717, 1.165) is 12.2 Å². The van der Waals surface area contributed by atoms with Crippen LogP contribution in [0.1, 0.15) is 0 Å². The van der Waals surface area contributed by atoms with Crippen molar-refractivity contribution in [2.45, 2.75) is 0 Å². The second-order valence-corrected chi connectivity index (χ2v) is 2.86. The molecule has 0 atom stereocenters. The second kappa shape index (κ2) is 4.15. The van der Waals surface area contributed by atoms with Crippen LogP contribution < -0.4 is 0 Å². The summed E-state index contributed by atoms with van der Waals surface area (Å²) < 4.78 is 0. The van der Waals surface area contributed by atoms with Crippen molar-refractivity contribution < 1.29 is 9.90 Å². The lowest BCUT2D eigenvalue weighted by Crippen LogP contribution is -2.23. The Balaban J connectivity index is 0.000000980. The Morgan fingerprint density at radius 1 is 1.36 bits per heavy atom. The fourth-order valence-electron chi connectivity index (χ4n) is 1.43. The minimum Gasteiger partial charge on any atom is -0.478 e. The van der Waals surface area contributed by atoms with Gasteiger partial charge in [0.15, 0.2) is 0 Å². The Morgan fingerprint density at radius 2 is 2.14 bits per heavy atom. The number of aliphatic carboxylic acids is 1. The van der Waals surface area contributed by atoms with Crippen LogP contribution >= 0.6 is 12.4 Å². The minimum absolute atomic E-state index is 0. The van der Waals surface area contributed by atoms with Crippen LogP contribution in [-0.2, 0) is 4.79 Å². The Morgan fingerprint density at radius 3 is 2.86 bits per heavy atom. The van der Waals surface area contributed by atoms with Crippen molar-refractivity contribution in [3.63, 3.8) is 0 Å². The zero-order valence-corrected chi connectivity index (χ0v) is 8.20. The van der Waals surface area contributed by atoms with E-state index in [9.17, 15) is 4.79 Å². The molecule has 2 heterocycles. The first-order valence-electron chi connectivity index (χ1n) is 4.04. The molecule has 0 aromatic rings. The second-order valence-electron chi connectivity index (χ2n) is 2.86. The van der Waals surface area contributed by atoms with E-state index in [4.69, 9.17) is 5.11 Å². The predicted molar refractivity (Wildman–Crippen MR) is 56.0 cm³/mol. The summed E-state index contributed by atoms with van der Waals surface area (Å²) in [4.78, 5) is 12.7. The quantitative estimate of drug-likeness (QED) is 0.718. The monoisotopic (exact) mass is 211 g/mol. The van der Waals surface area contributed by atoms with Crippen molar-refractivity contribution in [3.8, 4) is 0 Å². The predicted octanol–water partition coefficient (Wildman–Crippen LogP) is 1.70. The lowest BCUT2D eigenvalue weighted by Gasteiger charge is -2.26. The summed E-state index contributed by atoms with van der Waals surface area (Å²) >= 11 is 0. The highest BCUT2D eigenvalue weighted by Gasteiger charge is 2.18. The molecule has 0 bridgehead atoms. The van der Waals surface area contributed by atoms with E-state index in [2.05, 4.69) is 0 Å². The van der Waals surface area contributed by atoms with Gasteiger partial charge in [0.05, 0.1) is 11.3 Å². The number of hydrogen-bond donors (Lipinski definition) is 1. The maximum Gasteiger partial charge on any atom is 0.337 e. The van der Waals surface area contributed by atoms with Gasteiger partial charge in [-0.1, -0.05) is 12.2 Å². The fraction of sp³-hybridized carbons (Fsp3) is 0.100. The summed E-state index contributed by atoms with van der Waals surface area (Å²) in [5.74, 6) is -0.879. The molecule has 14 heavy (non-hydrogen) atoms. The van der Waals surface area contributed by atoms with E-state index in [1.54, 1.807) is 6.08 Å². The number of hydrogen-bond acceptors (Lipinski definition) is 2. The molecule has 4 heteroatoms. The summed E-state index contributed by atoms with van der Waals surface area (Å²) in [6.45, 7) is 0.743. The first-order chi connectivity index (χ1) is 6.29. The number of allylic oxidation sites excluding steroid dienone is 3. The van der Waals surface area contributed by atoms with Gasteiger partial charge in [0.2, 0.25) is 0 Å². The molecule has 2 rings (SSSR count). The Kier molecular flexibility index (Phi) is 3.14. The van der Waals surface area contributed by atoms with Gasteiger partial charge < -0.3 is 10.0 Å². The maximum atomic E-state index is 10.8. The van der Waals surface area contributed by atoms with Gasteiger partial charge in [-0.25, -0.2) is 4.79 Å². The molecule has 0 amide bonds. The molecular weight excluding hydrogens is 202 g/mol. The average molecular weight is 212 g/mol. The molecule has 0 fully saturated rings. The Labute approximate surface area is 88.1 Å². The molecule has 0 radical (unpaired) electrons. The maximum absolute atomic E-state index is 10.8. The number of carboxylic acid groups (broad SMARTS) is 1. The third-order valence-electron chi connectivity index (χ3n) is 2.03. The van der Waals surface area contributed by atoms with Crippen LogP contribution in [0, 0.1) is 0 Å². The molecule has 0 spiro atoms. The SMILES string of the molecule is Cl.O=C(O)C1=C2C=CC=CN2CC=C1. The molecule has 1 N–H and O–H groups in total. The molecule has 0 aliphatic carbocycles. The average Bonchev–Trinajstić information content (AvgIpc) is 2.17. The normalized spacial score (nSPS) is 17.9. The first-order valence-corrected chi connectivity index (χ1v) is 4.04. The van der Waals surface area contributed by atoms with Gasteiger partial charge in [0, 0.05) is 12.7 Å². The van der Waals surface area contributed by atoms with Crippen LogP contribution in [-0.4, -0.2) is 22.5 Å². The van der Waals surface area contributed by atoms with Crippen LogP contribution in [0.4, 0.5) is 0 Å². The van der Waals surface area contributed by atoms with Gasteiger partial charge in [0.1, 0.15) is 0 Å². The molecule has 0 aromatic heterocycles. The topological polar surface area (TPSA) is 40.5 Å². The summed E-state index contributed by atoms with van der Waals surface area (Å²) in [6, 6.07) is 0. The van der Waals surface area contributed by atoms with Gasteiger partial charge in [-0.3, -0.25) is 0 Å². The van der Waals surface area contributed by atoms with E-state index in [0.29, 0.717) is 5.57 Å². The molecule has 74 valence electrons. The summed E-state index contributed by atoms with van der Waals surface area (Å²) in [5, 5.41) is 8.88. The van der Waals surface area contributed by atoms with Gasteiger partial charge in [-0.05, 0) is 18.2 Å². The smallest absolute Gasteiger partial charge is 0.337 e. The molecule has 2 aliphatic heterocycles. The largest absolute Gasteiger partial charge is 0.478 e. The molecule has 0 unspecified atom stereocenters. The number of fused-ring (bicyclic) bond motifs is 1. The first kappa shape index (κ1) is 10.6.